The zero-order valence-corrected chi connectivity index (χ0v) is 16.4. The molecule has 1 N–H and O–H groups in total. The number of rotatable bonds is 9. The lowest BCUT2D eigenvalue weighted by atomic mass is 10.1. The zero-order valence-electron chi connectivity index (χ0n) is 16.4. The second-order valence-electron chi connectivity index (χ2n) is 6.46. The molecule has 0 fully saturated rings. The Bertz CT molecular complexity index is 941. The summed E-state index contributed by atoms with van der Waals surface area (Å²) >= 11 is 0. The summed E-state index contributed by atoms with van der Waals surface area (Å²) in [6.07, 6.45) is 2.66. The first-order valence-corrected chi connectivity index (χ1v) is 9.45. The SMILES string of the molecule is COc1cc(C=NNC(=O)CCc2ccccc2)ccc1OCc1ccccc1. The Labute approximate surface area is 171 Å². The van der Waals surface area contributed by atoms with Crippen molar-refractivity contribution < 1.29 is 14.3 Å². The third-order valence-corrected chi connectivity index (χ3v) is 4.31. The van der Waals surface area contributed by atoms with E-state index >= 15 is 0 Å². The molecule has 148 valence electrons. The lowest BCUT2D eigenvalue weighted by Crippen LogP contribution is -2.17. The normalized spacial score (nSPS) is 10.7. The van der Waals surface area contributed by atoms with Crippen LogP contribution in [0.4, 0.5) is 0 Å². The van der Waals surface area contributed by atoms with Gasteiger partial charge in [-0.15, -0.1) is 0 Å². The maximum atomic E-state index is 11.9. The summed E-state index contributed by atoms with van der Waals surface area (Å²) in [6, 6.07) is 25.4. The third kappa shape index (κ3) is 6.50. The van der Waals surface area contributed by atoms with Crippen LogP contribution in [0, 0.1) is 0 Å². The number of amides is 1. The highest BCUT2D eigenvalue weighted by Gasteiger charge is 2.06. The number of ether oxygens (including phenoxy) is 2. The van der Waals surface area contributed by atoms with Gasteiger partial charge in [0.05, 0.1) is 13.3 Å². The molecule has 0 aliphatic heterocycles. The van der Waals surface area contributed by atoms with E-state index in [1.54, 1.807) is 13.3 Å². The number of carbonyl (C=O) groups is 1. The molecule has 1 amide bonds. The van der Waals surface area contributed by atoms with E-state index in [-0.39, 0.29) is 5.91 Å². The van der Waals surface area contributed by atoms with Crippen molar-refractivity contribution in [3.63, 3.8) is 0 Å². The Balaban J connectivity index is 1.51. The molecule has 0 spiro atoms. The molecule has 29 heavy (non-hydrogen) atoms. The van der Waals surface area contributed by atoms with Crippen LogP contribution in [0.1, 0.15) is 23.1 Å². The summed E-state index contributed by atoms with van der Waals surface area (Å²) in [6.45, 7) is 0.460. The van der Waals surface area contributed by atoms with E-state index in [4.69, 9.17) is 9.47 Å². The van der Waals surface area contributed by atoms with Crippen LogP contribution in [0.5, 0.6) is 11.5 Å². The van der Waals surface area contributed by atoms with Gasteiger partial charge in [-0.25, -0.2) is 5.43 Å². The van der Waals surface area contributed by atoms with Gasteiger partial charge in [-0.1, -0.05) is 60.7 Å². The molecular formula is C24H24N2O3. The molecule has 3 rings (SSSR count). The number of nitrogens with zero attached hydrogens (tertiary/aromatic N) is 1. The number of hydrogen-bond donors (Lipinski definition) is 1. The van der Waals surface area contributed by atoms with Crippen LogP contribution in [0.3, 0.4) is 0 Å². The van der Waals surface area contributed by atoms with Gasteiger partial charge < -0.3 is 9.47 Å². The van der Waals surface area contributed by atoms with E-state index in [0.717, 1.165) is 16.7 Å². The first-order chi connectivity index (χ1) is 14.2. The summed E-state index contributed by atoms with van der Waals surface area (Å²) in [5.74, 6) is 1.14. The van der Waals surface area contributed by atoms with Crippen LogP contribution >= 0.6 is 0 Å². The Kier molecular flexibility index (Phi) is 7.41. The summed E-state index contributed by atoms with van der Waals surface area (Å²) in [5, 5.41) is 4.03. The van der Waals surface area contributed by atoms with Gasteiger partial charge in [0.15, 0.2) is 11.5 Å². The van der Waals surface area contributed by atoms with Crippen LogP contribution in [-0.4, -0.2) is 19.2 Å². The van der Waals surface area contributed by atoms with E-state index in [0.29, 0.717) is 30.9 Å². The fraction of sp³-hybridized carbons (Fsp3) is 0.167. The fourth-order valence-corrected chi connectivity index (χ4v) is 2.76. The van der Waals surface area contributed by atoms with Gasteiger partial charge in [-0.2, -0.15) is 5.10 Å². The maximum Gasteiger partial charge on any atom is 0.240 e. The van der Waals surface area contributed by atoms with Crippen molar-refractivity contribution in [1.82, 2.24) is 5.43 Å². The Morgan fingerprint density at radius 1 is 0.931 bits per heavy atom. The molecule has 0 unspecified atom stereocenters. The predicted octanol–water partition coefficient (Wildman–Crippen LogP) is 4.36. The number of carbonyl (C=O) groups excluding carboxylic acids is 1. The quantitative estimate of drug-likeness (QED) is 0.438. The summed E-state index contributed by atoms with van der Waals surface area (Å²) in [5.41, 5.74) is 5.57. The molecule has 0 radical (unpaired) electrons. The molecule has 0 aliphatic rings. The average molecular weight is 388 g/mol. The van der Waals surface area contributed by atoms with Crippen molar-refractivity contribution in [3.05, 3.63) is 95.6 Å². The summed E-state index contributed by atoms with van der Waals surface area (Å²) in [7, 11) is 1.59. The van der Waals surface area contributed by atoms with E-state index in [9.17, 15) is 4.79 Å². The number of aryl methyl sites for hydroxylation is 1. The Morgan fingerprint density at radius 2 is 1.62 bits per heavy atom. The van der Waals surface area contributed by atoms with Crippen LogP contribution in [0.15, 0.2) is 84.0 Å². The monoisotopic (exact) mass is 388 g/mol. The molecule has 0 aromatic heterocycles. The second kappa shape index (κ2) is 10.7. The minimum atomic E-state index is -0.125. The Hall–Kier alpha value is -3.60. The van der Waals surface area contributed by atoms with E-state index < -0.39 is 0 Å². The first kappa shape index (κ1) is 20.1. The third-order valence-electron chi connectivity index (χ3n) is 4.31. The van der Waals surface area contributed by atoms with Crippen LogP contribution < -0.4 is 14.9 Å². The Morgan fingerprint density at radius 3 is 2.31 bits per heavy atom. The number of nitrogens with one attached hydrogen (secondary N) is 1. The molecule has 5 nitrogen and oxygen atoms in total. The van der Waals surface area contributed by atoms with Crippen LogP contribution in [0.25, 0.3) is 0 Å². The minimum Gasteiger partial charge on any atom is -0.493 e. The van der Waals surface area contributed by atoms with Crippen molar-refractivity contribution >= 4 is 12.1 Å². The van der Waals surface area contributed by atoms with Gasteiger partial charge in [0.2, 0.25) is 5.91 Å². The number of methoxy groups -OCH3 is 1. The summed E-state index contributed by atoms with van der Waals surface area (Å²) in [4.78, 5) is 11.9. The van der Waals surface area contributed by atoms with Crippen molar-refractivity contribution in [2.75, 3.05) is 7.11 Å². The molecule has 3 aromatic rings. The van der Waals surface area contributed by atoms with Gasteiger partial charge >= 0.3 is 0 Å². The molecule has 0 heterocycles. The smallest absolute Gasteiger partial charge is 0.240 e. The predicted molar refractivity (Wildman–Crippen MR) is 114 cm³/mol. The first-order valence-electron chi connectivity index (χ1n) is 9.45. The molecular weight excluding hydrogens is 364 g/mol. The lowest BCUT2D eigenvalue weighted by molar-refractivity contribution is -0.121. The minimum absolute atomic E-state index is 0.125. The van der Waals surface area contributed by atoms with Crippen LogP contribution in [-0.2, 0) is 17.8 Å². The molecule has 0 saturated carbocycles. The molecule has 5 heteroatoms. The molecule has 3 aromatic carbocycles. The highest BCUT2D eigenvalue weighted by Crippen LogP contribution is 2.28. The molecule has 0 bridgehead atoms. The largest absolute Gasteiger partial charge is 0.493 e. The lowest BCUT2D eigenvalue weighted by Gasteiger charge is -2.11. The van der Waals surface area contributed by atoms with Crippen LogP contribution in [0.2, 0.25) is 0 Å². The van der Waals surface area contributed by atoms with E-state index in [1.165, 1.54) is 0 Å². The number of hydrogen-bond acceptors (Lipinski definition) is 4. The fourth-order valence-electron chi connectivity index (χ4n) is 2.76. The topological polar surface area (TPSA) is 59.9 Å². The zero-order chi connectivity index (χ0) is 20.3. The van der Waals surface area contributed by atoms with E-state index in [1.807, 2.05) is 78.9 Å². The average Bonchev–Trinajstić information content (AvgIpc) is 2.78. The number of hydrazone groups is 1. The molecule has 0 saturated heterocycles. The van der Waals surface area contributed by atoms with E-state index in [2.05, 4.69) is 10.5 Å². The highest BCUT2D eigenvalue weighted by molar-refractivity contribution is 5.83. The number of benzene rings is 3. The standard InChI is InChI=1S/C24H24N2O3/c1-28-23-16-21(12-14-22(23)29-18-20-10-6-3-7-11-20)17-25-26-24(27)15-13-19-8-4-2-5-9-19/h2-12,14,16-17H,13,15,18H2,1H3,(H,26,27). The van der Waals surface area contributed by atoms with Crippen molar-refractivity contribution in [1.29, 1.82) is 0 Å². The highest BCUT2D eigenvalue weighted by atomic mass is 16.5. The van der Waals surface area contributed by atoms with Crippen molar-refractivity contribution in [2.24, 2.45) is 5.10 Å². The van der Waals surface area contributed by atoms with Gasteiger partial charge in [0, 0.05) is 6.42 Å². The van der Waals surface area contributed by atoms with Crippen molar-refractivity contribution in [3.8, 4) is 11.5 Å². The maximum absolute atomic E-state index is 11.9. The van der Waals surface area contributed by atoms with Gasteiger partial charge in [0.1, 0.15) is 6.61 Å². The second-order valence-corrected chi connectivity index (χ2v) is 6.46. The van der Waals surface area contributed by atoms with Gasteiger partial charge in [-0.3, -0.25) is 4.79 Å². The summed E-state index contributed by atoms with van der Waals surface area (Å²) < 4.78 is 11.3. The molecule has 0 aliphatic carbocycles. The molecule has 0 atom stereocenters. The van der Waals surface area contributed by atoms with Gasteiger partial charge in [-0.05, 0) is 41.3 Å². The van der Waals surface area contributed by atoms with Gasteiger partial charge in [0.25, 0.3) is 0 Å². The van der Waals surface area contributed by atoms with Crippen molar-refractivity contribution in [2.45, 2.75) is 19.4 Å².